The van der Waals surface area contributed by atoms with Crippen molar-refractivity contribution < 1.29 is 52.0 Å². The van der Waals surface area contributed by atoms with E-state index >= 15 is 0 Å². The lowest BCUT2D eigenvalue weighted by Gasteiger charge is -2.23. The standard InChI is InChI=1S/C13H10F3NO8S/c14-13(15,16)12(23)25-2-4-1-5-6(3-24-4)26-9(7(5)10(19)20)17-8(18)11(21)22/h4H,1-3H2,(H,17,18)(H,19,20)(H,21,22). The Morgan fingerprint density at radius 1 is 1.27 bits per heavy atom. The molecule has 1 aliphatic rings. The molecule has 1 aliphatic heterocycles. The van der Waals surface area contributed by atoms with Gasteiger partial charge in [0, 0.05) is 11.3 Å². The predicted octanol–water partition coefficient (Wildman–Crippen LogP) is 1.02. The van der Waals surface area contributed by atoms with Gasteiger partial charge >= 0.3 is 30.0 Å². The van der Waals surface area contributed by atoms with Gasteiger partial charge in [-0.3, -0.25) is 4.79 Å². The van der Waals surface area contributed by atoms with Gasteiger partial charge in [-0.25, -0.2) is 14.4 Å². The quantitative estimate of drug-likeness (QED) is 0.505. The number of carbonyl (C=O) groups excluding carboxylic acids is 2. The van der Waals surface area contributed by atoms with Gasteiger partial charge in [0.2, 0.25) is 0 Å². The number of carboxylic acid groups (broad SMARTS) is 2. The summed E-state index contributed by atoms with van der Waals surface area (Å²) in [5.74, 6) is -7.12. The van der Waals surface area contributed by atoms with Gasteiger partial charge in [0.05, 0.1) is 18.3 Å². The van der Waals surface area contributed by atoms with E-state index in [1.54, 1.807) is 0 Å². The highest BCUT2D eigenvalue weighted by molar-refractivity contribution is 7.17. The van der Waals surface area contributed by atoms with Gasteiger partial charge in [-0.2, -0.15) is 13.2 Å². The maximum atomic E-state index is 12.1. The molecule has 0 fully saturated rings. The van der Waals surface area contributed by atoms with Crippen molar-refractivity contribution in [1.82, 2.24) is 0 Å². The second-order valence-electron chi connectivity index (χ2n) is 5.01. The number of hydrogen-bond acceptors (Lipinski definition) is 7. The Morgan fingerprint density at radius 2 is 1.92 bits per heavy atom. The summed E-state index contributed by atoms with van der Waals surface area (Å²) in [5, 5.41) is 19.6. The third-order valence-corrected chi connectivity index (χ3v) is 4.36. The zero-order valence-electron chi connectivity index (χ0n) is 12.6. The maximum Gasteiger partial charge on any atom is 0.490 e. The number of carbonyl (C=O) groups is 4. The van der Waals surface area contributed by atoms with Crippen molar-refractivity contribution in [3.8, 4) is 0 Å². The van der Waals surface area contributed by atoms with Crippen molar-refractivity contribution in [3.05, 3.63) is 16.0 Å². The Kier molecular flexibility index (Phi) is 5.51. The lowest BCUT2D eigenvalue weighted by Crippen LogP contribution is -2.32. The van der Waals surface area contributed by atoms with Gasteiger partial charge in [-0.15, -0.1) is 11.3 Å². The van der Waals surface area contributed by atoms with Crippen molar-refractivity contribution in [2.24, 2.45) is 0 Å². The number of halogens is 3. The summed E-state index contributed by atoms with van der Waals surface area (Å²) in [5.41, 5.74) is -0.211. The average molecular weight is 397 g/mol. The molecule has 2 heterocycles. The average Bonchev–Trinajstić information content (AvgIpc) is 2.88. The fraction of sp³-hybridized carbons (Fsp3) is 0.385. The molecule has 0 spiro atoms. The van der Waals surface area contributed by atoms with Crippen molar-refractivity contribution >= 4 is 40.2 Å². The topological polar surface area (TPSA) is 139 Å². The minimum Gasteiger partial charge on any atom is -0.478 e. The third kappa shape index (κ3) is 4.29. The van der Waals surface area contributed by atoms with Crippen LogP contribution < -0.4 is 5.32 Å². The Bertz CT molecular complexity index is 772. The number of thiophene rings is 1. The molecule has 1 amide bonds. The lowest BCUT2D eigenvalue weighted by atomic mass is 10.0. The Morgan fingerprint density at radius 3 is 2.46 bits per heavy atom. The highest BCUT2D eigenvalue weighted by Gasteiger charge is 2.41. The Hall–Kier alpha value is -2.67. The number of amides is 1. The van der Waals surface area contributed by atoms with Crippen molar-refractivity contribution in [2.45, 2.75) is 25.3 Å². The number of carboxylic acids is 2. The molecule has 13 heteroatoms. The van der Waals surface area contributed by atoms with Crippen LogP contribution in [0.5, 0.6) is 0 Å². The van der Waals surface area contributed by atoms with E-state index in [-0.39, 0.29) is 29.2 Å². The van der Waals surface area contributed by atoms with Crippen LogP contribution in [0, 0.1) is 0 Å². The number of aliphatic carboxylic acids is 1. The Balaban J connectivity index is 2.17. The van der Waals surface area contributed by atoms with Gasteiger partial charge < -0.3 is 25.0 Å². The number of alkyl halides is 3. The van der Waals surface area contributed by atoms with Gasteiger partial charge in [0.15, 0.2) is 0 Å². The van der Waals surface area contributed by atoms with E-state index in [1.807, 2.05) is 5.32 Å². The summed E-state index contributed by atoms with van der Waals surface area (Å²) in [6.45, 7) is -0.943. The molecule has 142 valence electrons. The van der Waals surface area contributed by atoms with E-state index < -0.39 is 42.7 Å². The Labute approximate surface area is 146 Å². The van der Waals surface area contributed by atoms with Crippen LogP contribution >= 0.6 is 11.3 Å². The van der Waals surface area contributed by atoms with E-state index in [9.17, 15) is 37.5 Å². The fourth-order valence-electron chi connectivity index (χ4n) is 2.15. The summed E-state index contributed by atoms with van der Waals surface area (Å²) < 4.78 is 45.7. The molecule has 0 aliphatic carbocycles. The molecule has 26 heavy (non-hydrogen) atoms. The largest absolute Gasteiger partial charge is 0.490 e. The van der Waals surface area contributed by atoms with Crippen LogP contribution in [-0.2, 0) is 36.9 Å². The molecule has 0 saturated heterocycles. The van der Waals surface area contributed by atoms with Gasteiger partial charge in [0.1, 0.15) is 11.6 Å². The molecule has 1 unspecified atom stereocenters. The molecule has 9 nitrogen and oxygen atoms in total. The summed E-state index contributed by atoms with van der Waals surface area (Å²) in [6, 6.07) is 0. The molecule has 2 rings (SSSR count). The fourth-order valence-corrected chi connectivity index (χ4v) is 3.29. The first-order valence-electron chi connectivity index (χ1n) is 6.78. The first kappa shape index (κ1) is 19.7. The first-order chi connectivity index (χ1) is 12.0. The third-order valence-electron chi connectivity index (χ3n) is 3.24. The molecule has 0 radical (unpaired) electrons. The second-order valence-corrected chi connectivity index (χ2v) is 6.11. The minimum absolute atomic E-state index is 0.169. The number of ether oxygens (including phenoxy) is 2. The number of rotatable bonds is 4. The molecule has 3 N–H and O–H groups in total. The van der Waals surface area contributed by atoms with E-state index in [0.717, 1.165) is 11.3 Å². The van der Waals surface area contributed by atoms with Crippen LogP contribution in [0.15, 0.2) is 0 Å². The molecule has 0 aromatic carbocycles. The number of fused-ring (bicyclic) bond motifs is 1. The predicted molar refractivity (Wildman–Crippen MR) is 76.8 cm³/mol. The number of nitrogens with one attached hydrogen (secondary N) is 1. The highest BCUT2D eigenvalue weighted by Crippen LogP contribution is 2.38. The summed E-state index contributed by atoms with van der Waals surface area (Å²) in [7, 11) is 0. The van der Waals surface area contributed by atoms with Crippen LogP contribution in [-0.4, -0.2) is 52.9 Å². The van der Waals surface area contributed by atoms with Crippen LogP contribution in [0.3, 0.4) is 0 Å². The van der Waals surface area contributed by atoms with Gasteiger partial charge in [-0.05, 0) is 5.56 Å². The SMILES string of the molecule is O=C(O)C(=O)Nc1sc2c(c1C(=O)O)CC(COC(=O)C(F)(F)F)OC2. The summed E-state index contributed by atoms with van der Waals surface area (Å²) >= 11 is 0.778. The molecule has 1 atom stereocenters. The number of aromatic carboxylic acids is 1. The zero-order chi connectivity index (χ0) is 19.6. The zero-order valence-corrected chi connectivity index (χ0v) is 13.4. The lowest BCUT2D eigenvalue weighted by molar-refractivity contribution is -0.203. The smallest absolute Gasteiger partial charge is 0.478 e. The number of hydrogen-bond donors (Lipinski definition) is 3. The molecular formula is C13H10F3NO8S. The van der Waals surface area contributed by atoms with Crippen LogP contribution in [0.4, 0.5) is 18.2 Å². The molecular weight excluding hydrogens is 387 g/mol. The molecule has 0 saturated carbocycles. The van der Waals surface area contributed by atoms with Crippen molar-refractivity contribution in [3.63, 3.8) is 0 Å². The normalized spacial score (nSPS) is 16.5. The monoisotopic (exact) mass is 397 g/mol. The number of esters is 1. The maximum absolute atomic E-state index is 12.1. The van der Waals surface area contributed by atoms with Crippen molar-refractivity contribution in [1.29, 1.82) is 0 Å². The second kappa shape index (κ2) is 7.29. The molecule has 0 bridgehead atoms. The van der Waals surface area contributed by atoms with Crippen LogP contribution in [0.1, 0.15) is 20.8 Å². The summed E-state index contributed by atoms with van der Waals surface area (Å²) in [4.78, 5) is 44.4. The van der Waals surface area contributed by atoms with Crippen LogP contribution in [0.25, 0.3) is 0 Å². The molecule has 1 aromatic rings. The van der Waals surface area contributed by atoms with Gasteiger partial charge in [-0.1, -0.05) is 0 Å². The van der Waals surface area contributed by atoms with E-state index in [4.69, 9.17) is 9.84 Å². The van der Waals surface area contributed by atoms with Gasteiger partial charge in [0.25, 0.3) is 0 Å². The van der Waals surface area contributed by atoms with E-state index in [2.05, 4.69) is 4.74 Å². The van der Waals surface area contributed by atoms with Crippen LogP contribution in [0.2, 0.25) is 0 Å². The van der Waals surface area contributed by atoms with E-state index in [1.165, 1.54) is 0 Å². The summed E-state index contributed by atoms with van der Waals surface area (Å²) in [6.07, 6.45) is -6.38. The molecule has 1 aromatic heterocycles. The highest BCUT2D eigenvalue weighted by atomic mass is 32.1. The minimum atomic E-state index is -5.16. The number of anilines is 1. The van der Waals surface area contributed by atoms with E-state index in [0.29, 0.717) is 4.88 Å². The first-order valence-corrected chi connectivity index (χ1v) is 7.60. The van der Waals surface area contributed by atoms with Crippen molar-refractivity contribution in [2.75, 3.05) is 11.9 Å².